The first-order chi connectivity index (χ1) is 6.79. The number of benzene rings is 1. The first kappa shape index (κ1) is 9.68. The Morgan fingerprint density at radius 1 is 1.43 bits per heavy atom. The van der Waals surface area contributed by atoms with E-state index in [-0.39, 0.29) is 6.10 Å². The van der Waals surface area contributed by atoms with Gasteiger partial charge in [-0.1, -0.05) is 28.1 Å². The van der Waals surface area contributed by atoms with E-state index in [1.165, 1.54) is 0 Å². The summed E-state index contributed by atoms with van der Waals surface area (Å²) in [5, 5.41) is 0. The van der Waals surface area contributed by atoms with Crippen molar-refractivity contribution in [2.24, 2.45) is 10.7 Å². The number of aliphatic imine (C=N–C) groups is 1. The van der Waals surface area contributed by atoms with Crippen LogP contribution in [0, 0.1) is 0 Å². The Morgan fingerprint density at radius 3 is 2.71 bits per heavy atom. The van der Waals surface area contributed by atoms with Crippen LogP contribution in [0.15, 0.2) is 33.7 Å². The lowest BCUT2D eigenvalue weighted by Gasteiger charge is -2.10. The maximum Gasteiger partial charge on any atom is 0.198 e. The molecule has 0 aliphatic carbocycles. The minimum Gasteiger partial charge on any atom is -0.470 e. The lowest BCUT2D eigenvalue weighted by atomic mass is 10.1. The Kier molecular flexibility index (Phi) is 2.84. The summed E-state index contributed by atoms with van der Waals surface area (Å²) in [4.78, 5) is 4.19. The molecule has 3 nitrogen and oxygen atoms in total. The zero-order valence-electron chi connectivity index (χ0n) is 7.61. The molecule has 1 heterocycles. The molecule has 0 fully saturated rings. The standard InChI is InChI=1S/C10H11BrN2O/c11-8-3-1-7(2-4-8)9-6-13-10(5-12)14-9/h1-4,9H,5-6,12H2. The first-order valence-electron chi connectivity index (χ1n) is 4.45. The van der Waals surface area contributed by atoms with Crippen LogP contribution >= 0.6 is 15.9 Å². The molecule has 0 saturated carbocycles. The monoisotopic (exact) mass is 254 g/mol. The zero-order valence-corrected chi connectivity index (χ0v) is 9.20. The molecule has 0 spiro atoms. The molecule has 1 atom stereocenters. The van der Waals surface area contributed by atoms with E-state index in [9.17, 15) is 0 Å². The molecular weight excluding hydrogens is 244 g/mol. The van der Waals surface area contributed by atoms with E-state index in [4.69, 9.17) is 10.5 Å². The quantitative estimate of drug-likeness (QED) is 0.877. The van der Waals surface area contributed by atoms with Crippen molar-refractivity contribution in [1.82, 2.24) is 0 Å². The predicted molar refractivity (Wildman–Crippen MR) is 59.3 cm³/mol. The molecule has 1 aliphatic rings. The van der Waals surface area contributed by atoms with Crippen molar-refractivity contribution >= 4 is 21.8 Å². The van der Waals surface area contributed by atoms with Gasteiger partial charge >= 0.3 is 0 Å². The minimum atomic E-state index is 0.0432. The van der Waals surface area contributed by atoms with E-state index in [1.807, 2.05) is 24.3 Å². The number of ether oxygens (including phenoxy) is 1. The Labute approximate surface area is 91.1 Å². The third-order valence-corrected chi connectivity index (χ3v) is 2.66. The average Bonchev–Trinajstić information content (AvgIpc) is 2.67. The van der Waals surface area contributed by atoms with Crippen molar-refractivity contribution in [3.8, 4) is 0 Å². The van der Waals surface area contributed by atoms with Crippen LogP contribution in [0.3, 0.4) is 0 Å². The Morgan fingerprint density at radius 2 is 2.14 bits per heavy atom. The fraction of sp³-hybridized carbons (Fsp3) is 0.300. The lowest BCUT2D eigenvalue weighted by molar-refractivity contribution is 0.226. The molecule has 0 aromatic heterocycles. The van der Waals surface area contributed by atoms with E-state index in [2.05, 4.69) is 20.9 Å². The van der Waals surface area contributed by atoms with Crippen molar-refractivity contribution in [3.63, 3.8) is 0 Å². The lowest BCUT2D eigenvalue weighted by Crippen LogP contribution is -2.14. The second-order valence-electron chi connectivity index (χ2n) is 3.10. The van der Waals surface area contributed by atoms with Crippen LogP contribution in [0.1, 0.15) is 11.7 Å². The predicted octanol–water partition coefficient (Wildman–Crippen LogP) is 1.88. The largest absolute Gasteiger partial charge is 0.470 e. The summed E-state index contributed by atoms with van der Waals surface area (Å²) in [6.45, 7) is 1.06. The maximum absolute atomic E-state index is 5.55. The summed E-state index contributed by atoms with van der Waals surface area (Å²) >= 11 is 3.39. The average molecular weight is 255 g/mol. The van der Waals surface area contributed by atoms with Gasteiger partial charge in [0.2, 0.25) is 0 Å². The smallest absolute Gasteiger partial charge is 0.198 e. The first-order valence-corrected chi connectivity index (χ1v) is 5.24. The highest BCUT2D eigenvalue weighted by Crippen LogP contribution is 2.23. The molecule has 1 aromatic carbocycles. The van der Waals surface area contributed by atoms with Gasteiger partial charge in [-0.3, -0.25) is 4.99 Å². The summed E-state index contributed by atoms with van der Waals surface area (Å²) in [6.07, 6.45) is 0.0432. The van der Waals surface area contributed by atoms with E-state index in [1.54, 1.807) is 0 Å². The fourth-order valence-electron chi connectivity index (χ4n) is 1.39. The summed E-state index contributed by atoms with van der Waals surface area (Å²) < 4.78 is 6.61. The normalized spacial score (nSPS) is 20.4. The third-order valence-electron chi connectivity index (χ3n) is 2.13. The third kappa shape index (κ3) is 1.96. The number of hydrogen-bond donors (Lipinski definition) is 1. The summed E-state index contributed by atoms with van der Waals surface area (Å²) in [5.74, 6) is 0.651. The zero-order chi connectivity index (χ0) is 9.97. The van der Waals surface area contributed by atoms with Crippen molar-refractivity contribution in [1.29, 1.82) is 0 Å². The van der Waals surface area contributed by atoms with Crippen LogP contribution < -0.4 is 5.73 Å². The molecule has 1 aromatic rings. The molecule has 2 N–H and O–H groups in total. The number of nitrogens with zero attached hydrogens (tertiary/aromatic N) is 1. The Balaban J connectivity index is 2.08. The molecule has 1 aliphatic heterocycles. The van der Waals surface area contributed by atoms with Crippen LogP contribution in [0.4, 0.5) is 0 Å². The topological polar surface area (TPSA) is 47.6 Å². The van der Waals surface area contributed by atoms with E-state index in [0.29, 0.717) is 19.0 Å². The van der Waals surface area contributed by atoms with Crippen molar-refractivity contribution in [3.05, 3.63) is 34.3 Å². The second kappa shape index (κ2) is 4.11. The molecule has 4 heteroatoms. The molecule has 74 valence electrons. The molecule has 0 amide bonds. The van der Waals surface area contributed by atoms with Gasteiger partial charge in [0.25, 0.3) is 0 Å². The number of halogens is 1. The number of nitrogens with two attached hydrogens (primary N) is 1. The van der Waals surface area contributed by atoms with Crippen LogP contribution in [-0.4, -0.2) is 19.0 Å². The summed E-state index contributed by atoms with van der Waals surface area (Å²) in [5.41, 5.74) is 6.57. The van der Waals surface area contributed by atoms with Gasteiger partial charge in [0.05, 0.1) is 13.1 Å². The van der Waals surface area contributed by atoms with Gasteiger partial charge in [0.1, 0.15) is 6.10 Å². The SMILES string of the molecule is NCC1=NCC(c2ccc(Br)cc2)O1. The number of hydrogen-bond acceptors (Lipinski definition) is 3. The van der Waals surface area contributed by atoms with Gasteiger partial charge in [-0.15, -0.1) is 0 Å². The van der Waals surface area contributed by atoms with Gasteiger partial charge in [-0.05, 0) is 17.7 Å². The van der Waals surface area contributed by atoms with E-state index >= 15 is 0 Å². The molecule has 14 heavy (non-hydrogen) atoms. The van der Waals surface area contributed by atoms with Crippen LogP contribution in [0.2, 0.25) is 0 Å². The van der Waals surface area contributed by atoms with Gasteiger partial charge in [-0.25, -0.2) is 0 Å². The van der Waals surface area contributed by atoms with Crippen molar-refractivity contribution in [2.75, 3.05) is 13.1 Å². The van der Waals surface area contributed by atoms with Crippen molar-refractivity contribution < 1.29 is 4.74 Å². The van der Waals surface area contributed by atoms with Gasteiger partial charge < -0.3 is 10.5 Å². The molecule has 0 bridgehead atoms. The molecule has 0 radical (unpaired) electrons. The van der Waals surface area contributed by atoms with Crippen LogP contribution in [-0.2, 0) is 4.74 Å². The highest BCUT2D eigenvalue weighted by molar-refractivity contribution is 9.10. The van der Waals surface area contributed by atoms with Crippen LogP contribution in [0.5, 0.6) is 0 Å². The minimum absolute atomic E-state index is 0.0432. The Bertz CT molecular complexity index is 348. The number of rotatable bonds is 2. The van der Waals surface area contributed by atoms with Crippen molar-refractivity contribution in [2.45, 2.75) is 6.10 Å². The summed E-state index contributed by atoms with van der Waals surface area (Å²) in [6, 6.07) is 8.06. The fourth-order valence-corrected chi connectivity index (χ4v) is 1.65. The summed E-state index contributed by atoms with van der Waals surface area (Å²) in [7, 11) is 0. The molecular formula is C10H11BrN2O. The second-order valence-corrected chi connectivity index (χ2v) is 4.01. The van der Waals surface area contributed by atoms with Gasteiger partial charge in [0, 0.05) is 4.47 Å². The molecule has 1 unspecified atom stereocenters. The van der Waals surface area contributed by atoms with Crippen LogP contribution in [0.25, 0.3) is 0 Å². The molecule has 0 saturated heterocycles. The highest BCUT2D eigenvalue weighted by atomic mass is 79.9. The van der Waals surface area contributed by atoms with E-state index in [0.717, 1.165) is 10.0 Å². The molecule has 2 rings (SSSR count). The van der Waals surface area contributed by atoms with Gasteiger partial charge in [-0.2, -0.15) is 0 Å². The Hall–Kier alpha value is -0.870. The maximum atomic E-state index is 5.55. The highest BCUT2D eigenvalue weighted by Gasteiger charge is 2.19. The van der Waals surface area contributed by atoms with Gasteiger partial charge in [0.15, 0.2) is 5.90 Å². The van der Waals surface area contributed by atoms with E-state index < -0.39 is 0 Å².